The molecule has 1 unspecified atom stereocenters. The lowest BCUT2D eigenvalue weighted by Gasteiger charge is -2.16. The first-order valence-electron chi connectivity index (χ1n) is 11.3. The average molecular weight is 475 g/mol. The molecule has 3 aromatic carbocycles. The fourth-order valence-corrected chi connectivity index (χ4v) is 4.30. The smallest absolute Gasteiger partial charge is 0.407 e. The number of carbonyl (C=O) groups excluding carboxylic acids is 2. The third-order valence-electron chi connectivity index (χ3n) is 5.88. The van der Waals surface area contributed by atoms with Gasteiger partial charge in [-0.25, -0.2) is 4.79 Å². The van der Waals surface area contributed by atoms with E-state index < -0.39 is 24.1 Å². The predicted molar refractivity (Wildman–Crippen MR) is 130 cm³/mol. The Labute approximate surface area is 202 Å². The van der Waals surface area contributed by atoms with E-state index >= 15 is 0 Å². The van der Waals surface area contributed by atoms with Gasteiger partial charge in [-0.3, -0.25) is 9.59 Å². The van der Waals surface area contributed by atoms with E-state index in [2.05, 4.69) is 22.8 Å². The molecule has 0 aliphatic heterocycles. The predicted octanol–water partition coefficient (Wildman–Crippen LogP) is 3.54. The Morgan fingerprint density at radius 2 is 1.49 bits per heavy atom. The van der Waals surface area contributed by atoms with Crippen LogP contribution in [0.15, 0.2) is 72.8 Å². The third kappa shape index (κ3) is 5.85. The second kappa shape index (κ2) is 10.8. The molecule has 0 fully saturated rings. The van der Waals surface area contributed by atoms with E-state index in [0.29, 0.717) is 11.3 Å². The van der Waals surface area contributed by atoms with Crippen molar-refractivity contribution in [3.05, 3.63) is 89.5 Å². The summed E-state index contributed by atoms with van der Waals surface area (Å²) in [7, 11) is 0. The van der Waals surface area contributed by atoms with Gasteiger partial charge in [0.25, 0.3) is 0 Å². The SMILES string of the molecule is O=C(O)Cc1ccccc1NC(=O)CC(O)CNC(=O)OCC1c2ccccc2-c2ccccc21. The standard InChI is InChI=1S/C27H26N2O6/c30-18(14-25(31)29-24-12-6-1-7-17(24)13-26(32)33)15-28-27(34)35-16-23-21-10-4-2-8-19(21)20-9-3-5-11-22(20)23/h1-12,18,23,30H,13-16H2,(H,28,34)(H,29,31)(H,32,33). The second-order valence-corrected chi connectivity index (χ2v) is 8.34. The van der Waals surface area contributed by atoms with Crippen LogP contribution in [0.1, 0.15) is 29.0 Å². The maximum atomic E-state index is 12.3. The molecule has 0 aromatic heterocycles. The number of ether oxygens (including phenoxy) is 1. The van der Waals surface area contributed by atoms with Gasteiger partial charge in [-0.2, -0.15) is 0 Å². The summed E-state index contributed by atoms with van der Waals surface area (Å²) in [5.41, 5.74) is 5.28. The van der Waals surface area contributed by atoms with Gasteiger partial charge >= 0.3 is 12.1 Å². The molecule has 1 aliphatic rings. The van der Waals surface area contributed by atoms with Crippen LogP contribution >= 0.6 is 0 Å². The third-order valence-corrected chi connectivity index (χ3v) is 5.88. The zero-order valence-corrected chi connectivity index (χ0v) is 18.9. The van der Waals surface area contributed by atoms with E-state index in [1.807, 2.05) is 36.4 Å². The van der Waals surface area contributed by atoms with Gasteiger partial charge < -0.3 is 25.6 Å². The van der Waals surface area contributed by atoms with E-state index in [1.54, 1.807) is 24.3 Å². The quantitative estimate of drug-likeness (QED) is 0.376. The molecule has 35 heavy (non-hydrogen) atoms. The summed E-state index contributed by atoms with van der Waals surface area (Å²) in [6.45, 7) is -0.0162. The number of anilines is 1. The topological polar surface area (TPSA) is 125 Å². The molecule has 0 saturated heterocycles. The number of aliphatic carboxylic acids is 1. The summed E-state index contributed by atoms with van der Waals surface area (Å²) < 4.78 is 5.43. The van der Waals surface area contributed by atoms with E-state index in [1.165, 1.54) is 0 Å². The molecule has 1 aliphatic carbocycles. The van der Waals surface area contributed by atoms with Crippen LogP contribution in [0.5, 0.6) is 0 Å². The molecule has 8 nitrogen and oxygen atoms in total. The van der Waals surface area contributed by atoms with Gasteiger partial charge in [0.15, 0.2) is 0 Å². The molecule has 180 valence electrons. The van der Waals surface area contributed by atoms with Gasteiger partial charge in [0, 0.05) is 18.2 Å². The van der Waals surface area contributed by atoms with Gasteiger partial charge in [0.1, 0.15) is 6.61 Å². The number of aliphatic hydroxyl groups is 1. The van der Waals surface area contributed by atoms with E-state index in [-0.39, 0.29) is 31.9 Å². The Kier molecular flexibility index (Phi) is 7.42. The molecule has 0 radical (unpaired) electrons. The molecular formula is C27H26N2O6. The van der Waals surface area contributed by atoms with E-state index in [9.17, 15) is 19.5 Å². The van der Waals surface area contributed by atoms with Crippen molar-refractivity contribution in [1.82, 2.24) is 5.32 Å². The molecule has 0 spiro atoms. The molecule has 0 bridgehead atoms. The zero-order chi connectivity index (χ0) is 24.8. The van der Waals surface area contributed by atoms with Crippen LogP contribution in [0.2, 0.25) is 0 Å². The van der Waals surface area contributed by atoms with Crippen molar-refractivity contribution >= 4 is 23.7 Å². The Hall–Kier alpha value is -4.17. The Balaban J connectivity index is 1.25. The van der Waals surface area contributed by atoms with Crippen molar-refractivity contribution in [3.63, 3.8) is 0 Å². The van der Waals surface area contributed by atoms with Gasteiger partial charge in [-0.05, 0) is 33.9 Å². The number of amides is 2. The molecule has 0 heterocycles. The lowest BCUT2D eigenvalue weighted by Crippen LogP contribution is -2.35. The first-order valence-corrected chi connectivity index (χ1v) is 11.3. The molecule has 1 atom stereocenters. The minimum atomic E-state index is -1.14. The summed E-state index contributed by atoms with van der Waals surface area (Å²) in [5, 5.41) is 24.3. The number of carbonyl (C=O) groups is 3. The largest absolute Gasteiger partial charge is 0.481 e. The second-order valence-electron chi connectivity index (χ2n) is 8.34. The monoisotopic (exact) mass is 474 g/mol. The van der Waals surface area contributed by atoms with E-state index in [4.69, 9.17) is 9.84 Å². The lowest BCUT2D eigenvalue weighted by molar-refractivity contribution is -0.136. The zero-order valence-electron chi connectivity index (χ0n) is 18.9. The normalized spacial score (nSPS) is 12.8. The number of fused-ring (bicyclic) bond motifs is 3. The van der Waals surface area contributed by atoms with Crippen molar-refractivity contribution < 1.29 is 29.3 Å². The van der Waals surface area contributed by atoms with Crippen molar-refractivity contribution in [3.8, 4) is 11.1 Å². The lowest BCUT2D eigenvalue weighted by atomic mass is 9.98. The summed E-state index contributed by atoms with van der Waals surface area (Å²) in [6, 6.07) is 22.6. The number of rotatable bonds is 9. The van der Waals surface area contributed by atoms with E-state index in [0.717, 1.165) is 22.3 Å². The van der Waals surface area contributed by atoms with Crippen molar-refractivity contribution in [2.24, 2.45) is 0 Å². The van der Waals surface area contributed by atoms with Gasteiger partial charge in [0.05, 0.1) is 18.9 Å². The van der Waals surface area contributed by atoms with Crippen LogP contribution < -0.4 is 10.6 Å². The number of nitrogens with one attached hydrogen (secondary N) is 2. The number of carboxylic acid groups (broad SMARTS) is 1. The maximum Gasteiger partial charge on any atom is 0.407 e. The van der Waals surface area contributed by atoms with Crippen molar-refractivity contribution in [1.29, 1.82) is 0 Å². The number of alkyl carbamates (subject to hydrolysis) is 1. The molecule has 3 aromatic rings. The molecule has 4 N–H and O–H groups in total. The highest BCUT2D eigenvalue weighted by atomic mass is 16.5. The van der Waals surface area contributed by atoms with Crippen molar-refractivity contribution in [2.45, 2.75) is 24.9 Å². The van der Waals surface area contributed by atoms with Gasteiger partial charge in [0.2, 0.25) is 5.91 Å². The summed E-state index contributed by atoms with van der Waals surface area (Å²) in [4.78, 5) is 35.5. The first kappa shape index (κ1) is 24.0. The first-order chi connectivity index (χ1) is 16.9. The Bertz CT molecular complexity index is 1200. The minimum Gasteiger partial charge on any atom is -0.481 e. The van der Waals surface area contributed by atoms with Crippen LogP contribution in [-0.4, -0.2) is 47.4 Å². The number of para-hydroxylation sites is 1. The minimum absolute atomic E-state index is 0.0743. The summed E-state index contributed by atoms with van der Waals surface area (Å²) in [6.07, 6.45) is -2.33. The Morgan fingerprint density at radius 3 is 2.14 bits per heavy atom. The van der Waals surface area contributed by atoms with Crippen LogP contribution in [-0.2, 0) is 20.7 Å². The number of carboxylic acids is 1. The van der Waals surface area contributed by atoms with Crippen LogP contribution in [0.25, 0.3) is 11.1 Å². The Morgan fingerprint density at radius 1 is 0.886 bits per heavy atom. The summed E-state index contributed by atoms with van der Waals surface area (Å²) >= 11 is 0. The highest BCUT2D eigenvalue weighted by Gasteiger charge is 2.29. The van der Waals surface area contributed by atoms with Crippen LogP contribution in [0, 0.1) is 0 Å². The van der Waals surface area contributed by atoms with Crippen LogP contribution in [0.4, 0.5) is 10.5 Å². The number of benzene rings is 3. The average Bonchev–Trinajstić information content (AvgIpc) is 3.16. The highest BCUT2D eigenvalue weighted by molar-refractivity contribution is 5.92. The maximum absolute atomic E-state index is 12.3. The highest BCUT2D eigenvalue weighted by Crippen LogP contribution is 2.44. The summed E-state index contributed by atoms with van der Waals surface area (Å²) in [5.74, 6) is -1.58. The van der Waals surface area contributed by atoms with Crippen LogP contribution in [0.3, 0.4) is 0 Å². The number of hydrogen-bond donors (Lipinski definition) is 4. The number of aliphatic hydroxyl groups excluding tert-OH is 1. The molecule has 8 heteroatoms. The number of hydrogen-bond acceptors (Lipinski definition) is 5. The van der Waals surface area contributed by atoms with Gasteiger partial charge in [-0.1, -0.05) is 66.7 Å². The fourth-order valence-electron chi connectivity index (χ4n) is 4.30. The fraction of sp³-hybridized carbons (Fsp3) is 0.222. The molecule has 0 saturated carbocycles. The van der Waals surface area contributed by atoms with Gasteiger partial charge in [-0.15, -0.1) is 0 Å². The molecule has 4 rings (SSSR count). The molecule has 2 amide bonds. The van der Waals surface area contributed by atoms with Crippen molar-refractivity contribution in [2.75, 3.05) is 18.5 Å². The molecular weight excluding hydrogens is 448 g/mol.